The van der Waals surface area contributed by atoms with Crippen molar-refractivity contribution in [1.29, 1.82) is 0 Å². The molecule has 0 atom stereocenters. The zero-order chi connectivity index (χ0) is 9.45. The molecular weight excluding hydrogens is 164 g/mol. The van der Waals surface area contributed by atoms with E-state index in [1.807, 2.05) is 0 Å². The van der Waals surface area contributed by atoms with Gasteiger partial charge < -0.3 is 4.79 Å². The van der Waals surface area contributed by atoms with Crippen LogP contribution in [0, 0.1) is 23.3 Å². The van der Waals surface area contributed by atoms with Crippen molar-refractivity contribution in [2.45, 2.75) is 32.5 Å². The molecule has 0 aliphatic carbocycles. The maximum absolute atomic E-state index is 9.90. The van der Waals surface area contributed by atoms with E-state index in [2.05, 4.69) is 42.9 Å². The molecule has 1 nitrogen and oxygen atoms in total. The van der Waals surface area contributed by atoms with Gasteiger partial charge in [0, 0.05) is 12.8 Å². The summed E-state index contributed by atoms with van der Waals surface area (Å²) >= 11 is 0. The van der Waals surface area contributed by atoms with E-state index in [9.17, 15) is 4.79 Å². The van der Waals surface area contributed by atoms with Crippen molar-refractivity contribution in [2.75, 3.05) is 0 Å². The molecule has 0 saturated carbocycles. The third-order valence-corrected chi connectivity index (χ3v) is 1.85. The Morgan fingerprint density at radius 2 is 1.92 bits per heavy atom. The molecule has 0 radical (unpaired) electrons. The average molecular weight is 178 g/mol. The molecule has 12 heavy (non-hydrogen) atoms. The third kappa shape index (κ3) is 9.01. The number of hydrogen-bond donors (Lipinski definition) is 0. The molecule has 64 valence electrons. The number of aldehydes is 1. The lowest BCUT2D eigenvalue weighted by molar-refractivity contribution is -0.107. The molecule has 0 heterocycles. The standard InChI is InChI=1S/C10H14OSi/c1-12(2,3)10-8-6-4-5-7-9-11/h9H,5,7H2,1-3H3. The van der Waals surface area contributed by atoms with Crippen LogP contribution in [0.1, 0.15) is 12.8 Å². The van der Waals surface area contributed by atoms with Crippen LogP contribution in [0.3, 0.4) is 0 Å². The highest BCUT2D eigenvalue weighted by Gasteiger charge is 2.06. The lowest BCUT2D eigenvalue weighted by Crippen LogP contribution is -2.16. The first-order chi connectivity index (χ1) is 5.56. The first-order valence-electron chi connectivity index (χ1n) is 4.00. The normalized spacial score (nSPS) is 8.92. The van der Waals surface area contributed by atoms with Crippen LogP contribution in [0.25, 0.3) is 0 Å². The van der Waals surface area contributed by atoms with Crippen molar-refractivity contribution in [3.63, 3.8) is 0 Å². The summed E-state index contributed by atoms with van der Waals surface area (Å²) in [7, 11) is -1.26. The van der Waals surface area contributed by atoms with E-state index in [4.69, 9.17) is 0 Å². The van der Waals surface area contributed by atoms with Gasteiger partial charge >= 0.3 is 0 Å². The van der Waals surface area contributed by atoms with Crippen LogP contribution in [-0.2, 0) is 4.79 Å². The number of hydrogen-bond acceptors (Lipinski definition) is 1. The lowest BCUT2D eigenvalue weighted by atomic mass is 10.3. The Kier molecular flexibility index (Phi) is 5.17. The highest BCUT2D eigenvalue weighted by molar-refractivity contribution is 6.83. The van der Waals surface area contributed by atoms with E-state index in [0.717, 1.165) is 6.29 Å². The molecule has 0 amide bonds. The molecule has 0 saturated heterocycles. The number of carbonyl (C=O) groups is 1. The van der Waals surface area contributed by atoms with E-state index in [1.54, 1.807) is 0 Å². The topological polar surface area (TPSA) is 17.1 Å². The minimum Gasteiger partial charge on any atom is -0.303 e. The van der Waals surface area contributed by atoms with Crippen LogP contribution in [0.15, 0.2) is 0 Å². The van der Waals surface area contributed by atoms with Gasteiger partial charge in [-0.05, 0) is 11.8 Å². The summed E-state index contributed by atoms with van der Waals surface area (Å²) in [6.07, 6.45) is 2.02. The van der Waals surface area contributed by atoms with Gasteiger partial charge in [-0.3, -0.25) is 0 Å². The van der Waals surface area contributed by atoms with Crippen LogP contribution in [-0.4, -0.2) is 14.4 Å². The number of carbonyl (C=O) groups excluding carboxylic acids is 1. The quantitative estimate of drug-likeness (QED) is 0.273. The summed E-state index contributed by atoms with van der Waals surface area (Å²) in [5, 5.41) is 0. The molecule has 0 aromatic heterocycles. The van der Waals surface area contributed by atoms with E-state index in [0.29, 0.717) is 12.8 Å². The minimum atomic E-state index is -1.26. The largest absolute Gasteiger partial charge is 0.303 e. The SMILES string of the molecule is C[Si](C)(C)C#CC#CCCC=O. The molecule has 0 unspecified atom stereocenters. The summed E-state index contributed by atoms with van der Waals surface area (Å²) in [4.78, 5) is 9.90. The molecular formula is C10H14OSi. The predicted molar refractivity (Wildman–Crippen MR) is 54.2 cm³/mol. The number of unbranched alkanes of at least 4 members (excludes halogenated alkanes) is 1. The van der Waals surface area contributed by atoms with Crippen LogP contribution in [0.5, 0.6) is 0 Å². The fourth-order valence-corrected chi connectivity index (χ4v) is 0.894. The fraction of sp³-hybridized carbons (Fsp3) is 0.500. The Morgan fingerprint density at radius 1 is 1.25 bits per heavy atom. The van der Waals surface area contributed by atoms with Crippen molar-refractivity contribution in [3.8, 4) is 23.3 Å². The third-order valence-electron chi connectivity index (χ3n) is 0.976. The van der Waals surface area contributed by atoms with Crippen molar-refractivity contribution in [3.05, 3.63) is 0 Å². The van der Waals surface area contributed by atoms with E-state index >= 15 is 0 Å². The maximum Gasteiger partial charge on any atom is 0.130 e. The van der Waals surface area contributed by atoms with Gasteiger partial charge in [0.2, 0.25) is 0 Å². The molecule has 0 rings (SSSR count). The maximum atomic E-state index is 9.90. The van der Waals surface area contributed by atoms with Gasteiger partial charge in [-0.25, -0.2) is 0 Å². The van der Waals surface area contributed by atoms with Crippen molar-refractivity contribution in [2.24, 2.45) is 0 Å². The summed E-state index contributed by atoms with van der Waals surface area (Å²) in [5.74, 6) is 8.39. The van der Waals surface area contributed by atoms with Crippen LogP contribution in [0.2, 0.25) is 19.6 Å². The van der Waals surface area contributed by atoms with Gasteiger partial charge in [-0.2, -0.15) is 0 Å². The first kappa shape index (κ1) is 11.0. The zero-order valence-electron chi connectivity index (χ0n) is 7.90. The van der Waals surface area contributed by atoms with E-state index < -0.39 is 8.07 Å². The molecule has 0 aromatic carbocycles. The fourth-order valence-electron chi connectivity index (χ4n) is 0.457. The summed E-state index contributed by atoms with van der Waals surface area (Å²) in [6.45, 7) is 6.52. The van der Waals surface area contributed by atoms with Gasteiger partial charge in [-0.1, -0.05) is 25.6 Å². The van der Waals surface area contributed by atoms with Crippen molar-refractivity contribution >= 4 is 14.4 Å². The Labute approximate surface area is 75.6 Å². The van der Waals surface area contributed by atoms with Crippen LogP contribution >= 0.6 is 0 Å². The van der Waals surface area contributed by atoms with E-state index in [1.165, 1.54) is 0 Å². The monoisotopic (exact) mass is 178 g/mol. The zero-order valence-corrected chi connectivity index (χ0v) is 8.90. The summed E-state index contributed by atoms with van der Waals surface area (Å²) in [5.41, 5.74) is 3.13. The van der Waals surface area contributed by atoms with Crippen LogP contribution in [0.4, 0.5) is 0 Å². The van der Waals surface area contributed by atoms with Gasteiger partial charge in [-0.15, -0.1) is 5.54 Å². The minimum absolute atomic E-state index is 0.516. The van der Waals surface area contributed by atoms with E-state index in [-0.39, 0.29) is 0 Å². The summed E-state index contributed by atoms with van der Waals surface area (Å²) < 4.78 is 0. The Hall–Kier alpha value is -0.993. The second kappa shape index (κ2) is 5.63. The lowest BCUT2D eigenvalue weighted by Gasteiger charge is -2.01. The molecule has 0 N–H and O–H groups in total. The van der Waals surface area contributed by atoms with Crippen molar-refractivity contribution in [1.82, 2.24) is 0 Å². The molecule has 0 fully saturated rings. The Balaban J connectivity index is 3.82. The second-order valence-corrected chi connectivity index (χ2v) is 8.26. The summed E-state index contributed by atoms with van der Waals surface area (Å²) in [6, 6.07) is 0. The van der Waals surface area contributed by atoms with Crippen molar-refractivity contribution < 1.29 is 4.79 Å². The van der Waals surface area contributed by atoms with Crippen LogP contribution < -0.4 is 0 Å². The smallest absolute Gasteiger partial charge is 0.130 e. The predicted octanol–water partition coefficient (Wildman–Crippen LogP) is 1.85. The first-order valence-corrected chi connectivity index (χ1v) is 7.50. The van der Waals surface area contributed by atoms with Gasteiger partial charge in [0.25, 0.3) is 0 Å². The second-order valence-electron chi connectivity index (χ2n) is 3.51. The Morgan fingerprint density at radius 3 is 2.42 bits per heavy atom. The highest BCUT2D eigenvalue weighted by atomic mass is 28.3. The molecule has 0 spiro atoms. The molecule has 0 bridgehead atoms. The highest BCUT2D eigenvalue weighted by Crippen LogP contribution is 1.95. The Bertz CT molecular complexity index is 252. The molecule has 0 aromatic rings. The molecule has 0 aliphatic heterocycles. The van der Waals surface area contributed by atoms with Gasteiger partial charge in [0.1, 0.15) is 14.4 Å². The van der Waals surface area contributed by atoms with Gasteiger partial charge in [0.05, 0.1) is 0 Å². The number of rotatable bonds is 2. The van der Waals surface area contributed by atoms with Gasteiger partial charge in [0.15, 0.2) is 0 Å². The molecule has 2 heteroatoms. The average Bonchev–Trinajstić information content (AvgIpc) is 1.94. The molecule has 0 aliphatic rings.